The fourth-order valence-corrected chi connectivity index (χ4v) is 2.36. The van der Waals surface area contributed by atoms with Gasteiger partial charge in [0.2, 0.25) is 0 Å². The van der Waals surface area contributed by atoms with Crippen LogP contribution in [-0.4, -0.2) is 0 Å². The van der Waals surface area contributed by atoms with Gasteiger partial charge in [-0.15, -0.1) is 0 Å². The zero-order valence-corrected chi connectivity index (χ0v) is 11.0. The third kappa shape index (κ3) is 2.23. The largest absolute Gasteiger partial charge is 0.206 e. The average molecular weight is 261 g/mol. The zero-order chi connectivity index (χ0) is 13.9. The third-order valence-electron chi connectivity index (χ3n) is 3.37. The summed E-state index contributed by atoms with van der Waals surface area (Å²) in [5.74, 6) is -0.252. The van der Waals surface area contributed by atoms with Crippen LogP contribution in [0.25, 0.3) is 22.3 Å². The van der Waals surface area contributed by atoms with Crippen molar-refractivity contribution in [2.24, 2.45) is 0 Å². The van der Waals surface area contributed by atoms with E-state index in [1.807, 2.05) is 66.7 Å². The van der Waals surface area contributed by atoms with Crippen molar-refractivity contribution in [2.75, 3.05) is 0 Å². The summed E-state index contributed by atoms with van der Waals surface area (Å²) in [4.78, 5) is 0. The minimum absolute atomic E-state index is 0.252. The van der Waals surface area contributed by atoms with Crippen molar-refractivity contribution in [2.45, 2.75) is 0 Å². The fourth-order valence-electron chi connectivity index (χ4n) is 2.36. The molecule has 0 saturated carbocycles. The lowest BCUT2D eigenvalue weighted by atomic mass is 9.92. The molecule has 0 fully saturated rings. The molecule has 1 heteroatoms. The molecule has 97 valence electrons. The number of benzene rings is 3. The van der Waals surface area contributed by atoms with Gasteiger partial charge in [0.05, 0.1) is 0 Å². The van der Waals surface area contributed by atoms with Crippen LogP contribution in [0.4, 0.5) is 4.39 Å². The summed E-state index contributed by atoms with van der Waals surface area (Å²) in [6, 6.07) is 23.1. The van der Waals surface area contributed by atoms with E-state index in [0.717, 1.165) is 16.7 Å². The Kier molecular flexibility index (Phi) is 3.34. The second-order valence-corrected chi connectivity index (χ2v) is 4.69. The molecule has 0 nitrogen and oxygen atoms in total. The molecule has 3 rings (SSSR count). The summed E-state index contributed by atoms with van der Waals surface area (Å²) in [7, 11) is 0. The van der Waals surface area contributed by atoms with Crippen molar-refractivity contribution in [3.8, 4) is 22.3 Å². The Morgan fingerprint density at radius 1 is 0.650 bits per heavy atom. The average Bonchev–Trinajstić information content (AvgIpc) is 2.51. The maximum absolute atomic E-state index is 14.6. The van der Waals surface area contributed by atoms with E-state index in [1.165, 1.54) is 0 Å². The van der Waals surface area contributed by atoms with E-state index in [1.54, 1.807) is 6.07 Å². The maximum atomic E-state index is 14.6. The number of rotatable bonds is 2. The van der Waals surface area contributed by atoms with E-state index < -0.39 is 0 Å². The molecule has 0 bridgehead atoms. The van der Waals surface area contributed by atoms with Crippen LogP contribution in [0.1, 0.15) is 5.56 Å². The zero-order valence-electron chi connectivity index (χ0n) is 11.0. The molecule has 3 aromatic rings. The van der Waals surface area contributed by atoms with Crippen molar-refractivity contribution < 1.29 is 4.39 Å². The number of halogens is 1. The van der Waals surface area contributed by atoms with E-state index in [0.29, 0.717) is 11.1 Å². The molecule has 0 aliphatic rings. The normalized spacial score (nSPS) is 10.5. The van der Waals surface area contributed by atoms with Crippen molar-refractivity contribution in [3.05, 3.63) is 91.1 Å². The quantitative estimate of drug-likeness (QED) is 0.584. The molecule has 0 aromatic heterocycles. The highest BCUT2D eigenvalue weighted by molar-refractivity contribution is 5.84. The van der Waals surface area contributed by atoms with Crippen molar-refractivity contribution in [1.82, 2.24) is 0 Å². The molecular weight excluding hydrogens is 247 g/mol. The van der Waals surface area contributed by atoms with Crippen LogP contribution in [0.3, 0.4) is 0 Å². The van der Waals surface area contributed by atoms with Crippen LogP contribution in [0.2, 0.25) is 0 Å². The first kappa shape index (κ1) is 12.6. The number of hydrogen-bond acceptors (Lipinski definition) is 0. The van der Waals surface area contributed by atoms with Crippen LogP contribution in [0.5, 0.6) is 0 Å². The second kappa shape index (κ2) is 5.30. The minimum atomic E-state index is -0.252. The highest BCUT2D eigenvalue weighted by Crippen LogP contribution is 2.35. The topological polar surface area (TPSA) is 0 Å². The molecule has 3 aromatic carbocycles. The van der Waals surface area contributed by atoms with Gasteiger partial charge < -0.3 is 0 Å². The van der Waals surface area contributed by atoms with E-state index in [-0.39, 0.29) is 5.82 Å². The molecule has 0 spiro atoms. The standard InChI is InChI=1S/C19H14F/c1-14-12-13-17(15-8-4-2-5-9-15)18(19(14)20)16-10-6-3-7-11-16/h2-13H,1H2. The molecule has 0 aliphatic heterocycles. The number of hydrogen-bond donors (Lipinski definition) is 0. The highest BCUT2D eigenvalue weighted by Gasteiger charge is 2.14. The maximum Gasteiger partial charge on any atom is 0.134 e. The molecule has 0 saturated heterocycles. The predicted molar refractivity (Wildman–Crippen MR) is 81.7 cm³/mol. The van der Waals surface area contributed by atoms with Gasteiger partial charge >= 0.3 is 0 Å². The second-order valence-electron chi connectivity index (χ2n) is 4.69. The summed E-state index contributed by atoms with van der Waals surface area (Å²) >= 11 is 0. The Hall–Kier alpha value is -2.41. The van der Waals surface area contributed by atoms with Crippen LogP contribution in [0.15, 0.2) is 72.8 Å². The lowest BCUT2D eigenvalue weighted by Gasteiger charge is -2.13. The Bertz CT molecular complexity index is 716. The van der Waals surface area contributed by atoms with E-state index >= 15 is 0 Å². The van der Waals surface area contributed by atoms with Gasteiger partial charge in [0.25, 0.3) is 0 Å². The first-order valence-corrected chi connectivity index (χ1v) is 6.52. The molecule has 0 aliphatic carbocycles. The van der Waals surface area contributed by atoms with E-state index in [9.17, 15) is 4.39 Å². The SMILES string of the molecule is [CH2]c1ccc(-c2ccccc2)c(-c2ccccc2)c1F. The Labute approximate surface area is 118 Å². The van der Waals surface area contributed by atoms with Gasteiger partial charge in [-0.2, -0.15) is 0 Å². The van der Waals surface area contributed by atoms with Gasteiger partial charge in [-0.25, -0.2) is 4.39 Å². The van der Waals surface area contributed by atoms with E-state index in [4.69, 9.17) is 0 Å². The molecule has 0 heterocycles. The predicted octanol–water partition coefficient (Wildman–Crippen LogP) is 5.34. The fraction of sp³-hybridized carbons (Fsp3) is 0. The lowest BCUT2D eigenvalue weighted by molar-refractivity contribution is 0.627. The summed E-state index contributed by atoms with van der Waals surface area (Å²) in [5.41, 5.74) is 3.80. The summed E-state index contributed by atoms with van der Waals surface area (Å²) in [5, 5.41) is 0. The van der Waals surface area contributed by atoms with Crippen LogP contribution >= 0.6 is 0 Å². The van der Waals surface area contributed by atoms with Gasteiger partial charge in [-0.1, -0.05) is 72.8 Å². The first-order valence-electron chi connectivity index (χ1n) is 6.52. The molecule has 0 unspecified atom stereocenters. The molecular formula is C19H14F. The van der Waals surface area contributed by atoms with E-state index in [2.05, 4.69) is 6.92 Å². The van der Waals surface area contributed by atoms with Crippen molar-refractivity contribution in [1.29, 1.82) is 0 Å². The lowest BCUT2D eigenvalue weighted by Crippen LogP contribution is -1.93. The molecule has 20 heavy (non-hydrogen) atoms. The molecule has 1 radical (unpaired) electrons. The van der Waals surface area contributed by atoms with Gasteiger partial charge in [0, 0.05) is 5.56 Å². The Balaban J connectivity index is 2.29. The molecule has 0 atom stereocenters. The summed E-state index contributed by atoms with van der Waals surface area (Å²) in [6.07, 6.45) is 0. The molecule has 0 amide bonds. The summed E-state index contributed by atoms with van der Waals surface area (Å²) < 4.78 is 14.6. The van der Waals surface area contributed by atoms with Gasteiger partial charge in [0.15, 0.2) is 0 Å². The highest BCUT2D eigenvalue weighted by atomic mass is 19.1. The van der Waals surface area contributed by atoms with Gasteiger partial charge in [-0.3, -0.25) is 0 Å². The van der Waals surface area contributed by atoms with Gasteiger partial charge in [-0.05, 0) is 29.2 Å². The van der Waals surface area contributed by atoms with Crippen LogP contribution in [0, 0.1) is 12.7 Å². The summed E-state index contributed by atoms with van der Waals surface area (Å²) in [6.45, 7) is 3.77. The first-order chi connectivity index (χ1) is 9.77. The smallest absolute Gasteiger partial charge is 0.134 e. The van der Waals surface area contributed by atoms with Crippen molar-refractivity contribution >= 4 is 0 Å². The van der Waals surface area contributed by atoms with Crippen molar-refractivity contribution in [3.63, 3.8) is 0 Å². The molecule has 0 N–H and O–H groups in total. The van der Waals surface area contributed by atoms with Gasteiger partial charge in [0.1, 0.15) is 5.82 Å². The third-order valence-corrected chi connectivity index (χ3v) is 3.37. The Morgan fingerprint density at radius 2 is 1.20 bits per heavy atom. The van der Waals surface area contributed by atoms with Crippen LogP contribution < -0.4 is 0 Å². The minimum Gasteiger partial charge on any atom is -0.206 e. The monoisotopic (exact) mass is 261 g/mol. The Morgan fingerprint density at radius 3 is 1.80 bits per heavy atom. The van der Waals surface area contributed by atoms with Crippen LogP contribution in [-0.2, 0) is 0 Å².